The highest BCUT2D eigenvalue weighted by atomic mass is 32.1. The molecule has 0 fully saturated rings. The number of aromatic nitrogens is 1. The van der Waals surface area contributed by atoms with Crippen molar-refractivity contribution in [1.82, 2.24) is 15.6 Å². The number of benzene rings is 3. The zero-order chi connectivity index (χ0) is 31.8. The molecular weight excluding hydrogens is 588 g/mol. The van der Waals surface area contributed by atoms with Gasteiger partial charge in [-0.1, -0.05) is 78.9 Å². The number of rotatable bonds is 13. The standard InChI is InChI=1S/C35H38N4O5S/c1-35(2,20-19-28-26-16-8-6-14-24(26)25-15-7-9-17-27(25)28)44-34(43)36-21-11-10-18-29(38-33(41)42)31(40)39-32-37-30(22-45-32)23-12-4-3-5-13-23/h3-9,12-17,22,28-29,38H,10-11,18-21H2,1-2H3,(H,36,43)(H,41,42)(H,37,39,40)/t29-/m0/s1. The average Bonchev–Trinajstić information content (AvgIpc) is 3.62. The van der Waals surface area contributed by atoms with Crippen molar-refractivity contribution in [2.45, 2.75) is 63.5 Å². The van der Waals surface area contributed by atoms with Crippen molar-refractivity contribution < 1.29 is 24.2 Å². The first-order valence-corrected chi connectivity index (χ1v) is 16.0. The quantitative estimate of drug-likeness (QED) is 0.113. The second-order valence-corrected chi connectivity index (χ2v) is 12.6. The summed E-state index contributed by atoms with van der Waals surface area (Å²) in [5.74, 6) is -0.220. The number of nitrogens with one attached hydrogen (secondary N) is 3. The van der Waals surface area contributed by atoms with E-state index < -0.39 is 29.7 Å². The third kappa shape index (κ3) is 8.27. The second-order valence-electron chi connectivity index (χ2n) is 11.7. The maximum Gasteiger partial charge on any atom is 0.407 e. The first-order valence-electron chi connectivity index (χ1n) is 15.2. The van der Waals surface area contributed by atoms with E-state index in [4.69, 9.17) is 4.74 Å². The zero-order valence-corrected chi connectivity index (χ0v) is 26.2. The maximum atomic E-state index is 12.9. The summed E-state index contributed by atoms with van der Waals surface area (Å²) in [6, 6.07) is 25.6. The lowest BCUT2D eigenvalue weighted by atomic mass is 9.88. The minimum atomic E-state index is -1.28. The molecule has 1 heterocycles. The Morgan fingerprint density at radius 3 is 2.24 bits per heavy atom. The van der Waals surface area contributed by atoms with Crippen molar-refractivity contribution in [2.24, 2.45) is 0 Å². The fourth-order valence-electron chi connectivity index (χ4n) is 5.75. The Balaban J connectivity index is 1.05. The van der Waals surface area contributed by atoms with Crippen molar-refractivity contribution in [1.29, 1.82) is 0 Å². The first kappa shape index (κ1) is 31.7. The molecule has 1 atom stereocenters. The Kier molecular flexibility index (Phi) is 10.1. The molecule has 0 saturated heterocycles. The van der Waals surface area contributed by atoms with E-state index in [2.05, 4.69) is 69.5 Å². The minimum absolute atomic E-state index is 0.259. The number of anilines is 1. The van der Waals surface area contributed by atoms with Gasteiger partial charge in [0.1, 0.15) is 11.6 Å². The Bertz CT molecular complexity index is 1590. The van der Waals surface area contributed by atoms with Gasteiger partial charge in [-0.3, -0.25) is 4.79 Å². The molecule has 0 bridgehead atoms. The summed E-state index contributed by atoms with van der Waals surface area (Å²) in [4.78, 5) is 41.3. The van der Waals surface area contributed by atoms with Gasteiger partial charge in [-0.2, -0.15) is 0 Å². The molecule has 0 saturated carbocycles. The van der Waals surface area contributed by atoms with Crippen molar-refractivity contribution >= 4 is 34.6 Å². The molecule has 234 valence electrons. The summed E-state index contributed by atoms with van der Waals surface area (Å²) >= 11 is 1.27. The molecule has 9 nitrogen and oxygen atoms in total. The normalized spacial score (nSPS) is 12.9. The van der Waals surface area contributed by atoms with Crippen LogP contribution in [0.4, 0.5) is 14.7 Å². The molecule has 3 aromatic carbocycles. The molecular formula is C35H38N4O5S. The number of carboxylic acid groups (broad SMARTS) is 1. The van der Waals surface area contributed by atoms with Gasteiger partial charge in [-0.15, -0.1) is 11.3 Å². The number of hydrogen-bond acceptors (Lipinski definition) is 6. The molecule has 1 aromatic heterocycles. The number of ether oxygens (including phenoxy) is 1. The van der Waals surface area contributed by atoms with Crippen LogP contribution in [0.15, 0.2) is 84.2 Å². The molecule has 0 radical (unpaired) electrons. The van der Waals surface area contributed by atoms with Crippen LogP contribution in [-0.2, 0) is 9.53 Å². The van der Waals surface area contributed by atoms with Crippen molar-refractivity contribution in [2.75, 3.05) is 11.9 Å². The number of fused-ring (bicyclic) bond motifs is 3. The van der Waals surface area contributed by atoms with Gasteiger partial charge in [0.25, 0.3) is 0 Å². The van der Waals surface area contributed by atoms with Crippen molar-refractivity contribution in [3.05, 3.63) is 95.4 Å². The number of unbranched alkanes of at least 4 members (excludes halogenated alkanes) is 1. The van der Waals surface area contributed by atoms with Crippen LogP contribution >= 0.6 is 11.3 Å². The zero-order valence-electron chi connectivity index (χ0n) is 25.4. The number of carbonyl (C=O) groups excluding carboxylic acids is 2. The highest BCUT2D eigenvalue weighted by Crippen LogP contribution is 2.47. The molecule has 45 heavy (non-hydrogen) atoms. The molecule has 1 aliphatic rings. The van der Waals surface area contributed by atoms with Gasteiger partial charge in [0, 0.05) is 23.4 Å². The summed E-state index contributed by atoms with van der Waals surface area (Å²) < 4.78 is 5.78. The summed E-state index contributed by atoms with van der Waals surface area (Å²) in [7, 11) is 0. The number of amides is 3. The van der Waals surface area contributed by atoms with Gasteiger partial charge in [0.15, 0.2) is 5.13 Å². The number of nitrogens with zero attached hydrogens (tertiary/aromatic N) is 1. The predicted octanol–water partition coefficient (Wildman–Crippen LogP) is 7.65. The van der Waals surface area contributed by atoms with E-state index in [9.17, 15) is 19.5 Å². The predicted molar refractivity (Wildman–Crippen MR) is 176 cm³/mol. The van der Waals surface area contributed by atoms with Crippen LogP contribution < -0.4 is 16.0 Å². The SMILES string of the molecule is CC(C)(CCC1c2ccccc2-c2ccccc21)OC(=O)NCCCC[C@H](NC(=O)O)C(=O)Nc1nc(-c2ccccc2)cs1. The fourth-order valence-corrected chi connectivity index (χ4v) is 6.47. The van der Waals surface area contributed by atoms with Crippen LogP contribution in [0.3, 0.4) is 0 Å². The highest BCUT2D eigenvalue weighted by molar-refractivity contribution is 7.14. The van der Waals surface area contributed by atoms with Crippen LogP contribution in [0.1, 0.15) is 63.0 Å². The van der Waals surface area contributed by atoms with Crippen LogP contribution in [0.2, 0.25) is 0 Å². The van der Waals surface area contributed by atoms with Gasteiger partial charge >= 0.3 is 12.2 Å². The molecule has 5 rings (SSSR count). The third-order valence-electron chi connectivity index (χ3n) is 7.97. The number of hydrogen-bond donors (Lipinski definition) is 4. The molecule has 3 amide bonds. The summed E-state index contributed by atoms with van der Waals surface area (Å²) in [5.41, 5.74) is 6.16. The van der Waals surface area contributed by atoms with Crippen LogP contribution in [0, 0.1) is 0 Å². The Morgan fingerprint density at radius 1 is 0.933 bits per heavy atom. The Labute approximate surface area is 267 Å². The maximum absolute atomic E-state index is 12.9. The van der Waals surface area contributed by atoms with E-state index in [1.54, 1.807) is 0 Å². The van der Waals surface area contributed by atoms with E-state index in [1.165, 1.54) is 33.6 Å². The number of alkyl carbamates (subject to hydrolysis) is 1. The second kappa shape index (κ2) is 14.4. The lowest BCUT2D eigenvalue weighted by molar-refractivity contribution is -0.118. The summed E-state index contributed by atoms with van der Waals surface area (Å²) in [5, 5.41) is 19.3. The fraction of sp³-hybridized carbons (Fsp3) is 0.314. The van der Waals surface area contributed by atoms with Crippen LogP contribution in [-0.4, -0.2) is 46.4 Å². The third-order valence-corrected chi connectivity index (χ3v) is 8.73. The van der Waals surface area contributed by atoms with Crippen molar-refractivity contribution in [3.8, 4) is 22.4 Å². The molecule has 10 heteroatoms. The number of carbonyl (C=O) groups is 3. The minimum Gasteiger partial charge on any atom is -0.465 e. The lowest BCUT2D eigenvalue weighted by Crippen LogP contribution is -2.43. The van der Waals surface area contributed by atoms with E-state index >= 15 is 0 Å². The largest absolute Gasteiger partial charge is 0.465 e. The van der Waals surface area contributed by atoms with E-state index in [0.717, 1.165) is 17.7 Å². The first-order chi connectivity index (χ1) is 21.7. The van der Waals surface area contributed by atoms with Crippen molar-refractivity contribution in [3.63, 3.8) is 0 Å². The number of thiazole rings is 1. The molecule has 0 aliphatic heterocycles. The smallest absolute Gasteiger partial charge is 0.407 e. The molecule has 0 unspecified atom stereocenters. The Morgan fingerprint density at radius 2 is 1.58 bits per heavy atom. The van der Waals surface area contributed by atoms with E-state index in [0.29, 0.717) is 30.9 Å². The van der Waals surface area contributed by atoms with Crippen LogP contribution in [0.25, 0.3) is 22.4 Å². The molecule has 4 aromatic rings. The van der Waals surface area contributed by atoms with Gasteiger partial charge in [-0.25, -0.2) is 14.6 Å². The van der Waals surface area contributed by atoms with Gasteiger partial charge in [-0.05, 0) is 68.2 Å². The molecule has 4 N–H and O–H groups in total. The monoisotopic (exact) mass is 626 g/mol. The van der Waals surface area contributed by atoms with Crippen LogP contribution in [0.5, 0.6) is 0 Å². The average molecular weight is 627 g/mol. The molecule has 1 aliphatic carbocycles. The summed E-state index contributed by atoms with van der Waals surface area (Å²) in [6.45, 7) is 4.18. The highest BCUT2D eigenvalue weighted by Gasteiger charge is 2.31. The van der Waals surface area contributed by atoms with E-state index in [1.807, 2.05) is 49.6 Å². The van der Waals surface area contributed by atoms with E-state index in [-0.39, 0.29) is 12.3 Å². The van der Waals surface area contributed by atoms with Gasteiger partial charge in [0.2, 0.25) is 5.91 Å². The molecule has 0 spiro atoms. The Hall–Kier alpha value is -4.70. The summed E-state index contributed by atoms with van der Waals surface area (Å²) in [6.07, 6.45) is 1.08. The van der Waals surface area contributed by atoms with Gasteiger partial charge in [0.05, 0.1) is 5.69 Å². The topological polar surface area (TPSA) is 130 Å². The lowest BCUT2D eigenvalue weighted by Gasteiger charge is -2.27. The van der Waals surface area contributed by atoms with Gasteiger partial charge < -0.3 is 25.8 Å².